The number of rotatable bonds is 18. The van der Waals surface area contributed by atoms with Crippen LogP contribution in [-0.4, -0.2) is 178 Å². The summed E-state index contributed by atoms with van der Waals surface area (Å²) in [6.45, 7) is -2.33. The number of ether oxygens (including phenoxy) is 4. The summed E-state index contributed by atoms with van der Waals surface area (Å²) in [4.78, 5) is 71.3. The van der Waals surface area contributed by atoms with Crippen molar-refractivity contribution in [3.8, 4) is 5.75 Å². The highest BCUT2D eigenvalue weighted by Gasteiger charge is 2.51. The van der Waals surface area contributed by atoms with E-state index in [2.05, 4.69) is 26.6 Å². The van der Waals surface area contributed by atoms with E-state index in [1.165, 1.54) is 31.2 Å². The Morgan fingerprint density at radius 2 is 1.26 bits per heavy atom. The number of hydrogen-bond donors (Lipinski definition) is 13. The SMILES string of the molecule is CC(=O)NCC(=O)N[C@@H](Cc1ccc(O[C@@H]2O[C@H](CO)[C@@H](O[C@@H]3O[C@H](CO)[C@H](O)[C@H](O)[C@H]3O)[C@H](O)[C@H]2O)cc1)C(=O)NCC(=O)NCC(=O)NCC(N)=O. The molecule has 2 heterocycles. The number of carbonyl (C=O) groups is 6. The van der Waals surface area contributed by atoms with E-state index in [0.717, 1.165) is 0 Å². The third-order valence-electron chi connectivity index (χ3n) is 8.05. The zero-order chi connectivity index (χ0) is 40.1. The highest BCUT2D eigenvalue weighted by atomic mass is 16.7. The Labute approximate surface area is 307 Å². The van der Waals surface area contributed by atoms with Gasteiger partial charge < -0.3 is 87.0 Å². The molecule has 2 fully saturated rings. The van der Waals surface area contributed by atoms with Gasteiger partial charge in [0.05, 0.1) is 39.4 Å². The quantitative estimate of drug-likeness (QED) is 0.0658. The van der Waals surface area contributed by atoms with Gasteiger partial charge in [-0.15, -0.1) is 0 Å². The van der Waals surface area contributed by atoms with Crippen LogP contribution in [0.25, 0.3) is 0 Å². The highest BCUT2D eigenvalue weighted by molar-refractivity contribution is 5.93. The normalized spacial score (nSPS) is 28.5. The molecule has 2 aliphatic heterocycles. The van der Waals surface area contributed by atoms with Crippen molar-refractivity contribution in [3.05, 3.63) is 29.8 Å². The molecule has 0 aliphatic carbocycles. The fraction of sp³-hybridized carbons (Fsp3) is 0.613. The fourth-order valence-electron chi connectivity index (χ4n) is 5.17. The van der Waals surface area contributed by atoms with Crippen LogP contribution in [0.3, 0.4) is 0 Å². The van der Waals surface area contributed by atoms with E-state index in [-0.39, 0.29) is 12.2 Å². The van der Waals surface area contributed by atoms with E-state index in [1.54, 1.807) is 0 Å². The average molecular weight is 775 g/mol. The lowest BCUT2D eigenvalue weighted by Gasteiger charge is -2.45. The summed E-state index contributed by atoms with van der Waals surface area (Å²) in [6.07, 6.45) is -16.6. The lowest BCUT2D eigenvalue weighted by atomic mass is 9.97. The van der Waals surface area contributed by atoms with Gasteiger partial charge in [-0.25, -0.2) is 0 Å². The van der Waals surface area contributed by atoms with Crippen LogP contribution in [0.15, 0.2) is 24.3 Å². The van der Waals surface area contributed by atoms with Gasteiger partial charge in [0.1, 0.15) is 60.6 Å². The molecule has 54 heavy (non-hydrogen) atoms. The molecule has 1 aromatic carbocycles. The molecule has 23 nitrogen and oxygen atoms in total. The molecule has 0 aromatic heterocycles. The summed E-state index contributed by atoms with van der Waals surface area (Å²) in [5, 5.41) is 82.9. The van der Waals surface area contributed by atoms with Crippen molar-refractivity contribution in [1.29, 1.82) is 0 Å². The van der Waals surface area contributed by atoms with E-state index >= 15 is 0 Å². The van der Waals surface area contributed by atoms with Gasteiger partial charge in [0.25, 0.3) is 0 Å². The molecule has 0 saturated carbocycles. The summed E-state index contributed by atoms with van der Waals surface area (Å²) in [6, 6.07) is 4.48. The lowest BCUT2D eigenvalue weighted by molar-refractivity contribution is -0.352. The van der Waals surface area contributed by atoms with E-state index in [1.807, 2.05) is 0 Å². The van der Waals surface area contributed by atoms with Crippen LogP contribution < -0.4 is 37.1 Å². The molecule has 2 saturated heterocycles. The van der Waals surface area contributed by atoms with Crippen molar-refractivity contribution in [2.24, 2.45) is 5.73 Å². The second kappa shape index (κ2) is 20.8. The topological polar surface area (TPSA) is 367 Å². The van der Waals surface area contributed by atoms with Crippen molar-refractivity contribution < 1.29 is 83.5 Å². The molecule has 302 valence electrons. The third-order valence-corrected chi connectivity index (χ3v) is 8.05. The number of aliphatic hydroxyl groups excluding tert-OH is 7. The predicted octanol–water partition coefficient (Wildman–Crippen LogP) is -8.31. The van der Waals surface area contributed by atoms with Crippen LogP contribution in [0.5, 0.6) is 5.75 Å². The molecule has 6 amide bonds. The van der Waals surface area contributed by atoms with Gasteiger partial charge in [-0.1, -0.05) is 12.1 Å². The molecule has 0 radical (unpaired) electrons. The number of nitrogens with one attached hydrogen (secondary N) is 5. The molecular formula is C31H46N6O17. The second-order valence-corrected chi connectivity index (χ2v) is 12.2. The minimum absolute atomic E-state index is 0.0761. The number of hydrogen-bond acceptors (Lipinski definition) is 17. The standard InChI is InChI=1S/C31H46N6O17/c1-13(40)33-10-22(44)37-16(29(50)36-9-21(43)35-8-20(42)34-7-19(32)41)6-14-2-4-15(5-3-14)51-30-27(49)25(47)28(18(12-39)53-30)54-31-26(48)24(46)23(45)17(11-38)52-31/h2-5,16-18,23-28,30-31,38-39,45-49H,6-12H2,1H3,(H2,32,41)(H,33,40)(H,34,42)(H,35,43)(H,36,50)(H,37,44)/t16-,17+,18+,23-,24-,25+,26+,27+,28+,30+,31-/m0/s1. The molecule has 2 aliphatic rings. The minimum Gasteiger partial charge on any atom is -0.462 e. The summed E-state index contributed by atoms with van der Waals surface area (Å²) < 4.78 is 22.1. The molecule has 0 unspecified atom stereocenters. The van der Waals surface area contributed by atoms with Gasteiger partial charge in [-0.3, -0.25) is 28.8 Å². The number of benzene rings is 1. The van der Waals surface area contributed by atoms with Crippen LogP contribution >= 0.6 is 0 Å². The first-order chi connectivity index (χ1) is 25.5. The minimum atomic E-state index is -1.84. The van der Waals surface area contributed by atoms with E-state index in [9.17, 15) is 64.5 Å². The zero-order valence-corrected chi connectivity index (χ0v) is 28.9. The molecule has 1 aromatic rings. The Morgan fingerprint density at radius 1 is 0.704 bits per heavy atom. The van der Waals surface area contributed by atoms with Gasteiger partial charge in [0.2, 0.25) is 41.7 Å². The fourth-order valence-corrected chi connectivity index (χ4v) is 5.17. The summed E-state index contributed by atoms with van der Waals surface area (Å²) in [7, 11) is 0. The maximum absolute atomic E-state index is 13.0. The maximum Gasteiger partial charge on any atom is 0.243 e. The van der Waals surface area contributed by atoms with Crippen LogP contribution in [0, 0.1) is 0 Å². The number of aliphatic hydroxyl groups is 7. The Bertz CT molecular complexity index is 1450. The number of carbonyl (C=O) groups excluding carboxylic acids is 6. The highest BCUT2D eigenvalue weighted by Crippen LogP contribution is 2.30. The first kappa shape index (κ1) is 43.8. The van der Waals surface area contributed by atoms with Gasteiger partial charge in [-0.2, -0.15) is 0 Å². The van der Waals surface area contributed by atoms with Crippen molar-refractivity contribution >= 4 is 35.4 Å². The third kappa shape index (κ3) is 12.8. The smallest absolute Gasteiger partial charge is 0.243 e. The molecule has 0 spiro atoms. The summed E-state index contributed by atoms with van der Waals surface area (Å²) in [5.74, 6) is -4.22. The van der Waals surface area contributed by atoms with E-state index in [4.69, 9.17) is 24.7 Å². The van der Waals surface area contributed by atoms with Gasteiger partial charge in [-0.05, 0) is 17.7 Å². The lowest BCUT2D eigenvalue weighted by Crippen LogP contribution is -2.65. The number of nitrogens with two attached hydrogens (primary N) is 1. The molecule has 11 atom stereocenters. The average Bonchev–Trinajstić information content (AvgIpc) is 3.14. The van der Waals surface area contributed by atoms with Gasteiger partial charge in [0, 0.05) is 13.3 Å². The largest absolute Gasteiger partial charge is 0.462 e. The predicted molar refractivity (Wildman–Crippen MR) is 176 cm³/mol. The van der Waals surface area contributed by atoms with Crippen molar-refractivity contribution in [3.63, 3.8) is 0 Å². The van der Waals surface area contributed by atoms with Crippen LogP contribution in [-0.2, 0) is 49.4 Å². The second-order valence-electron chi connectivity index (χ2n) is 12.2. The first-order valence-electron chi connectivity index (χ1n) is 16.5. The van der Waals surface area contributed by atoms with Crippen LogP contribution in [0.4, 0.5) is 0 Å². The molecular weight excluding hydrogens is 728 g/mol. The molecule has 14 N–H and O–H groups in total. The first-order valence-corrected chi connectivity index (χ1v) is 16.5. The number of amides is 6. The van der Waals surface area contributed by atoms with Gasteiger partial charge in [0.15, 0.2) is 6.29 Å². The zero-order valence-electron chi connectivity index (χ0n) is 28.9. The van der Waals surface area contributed by atoms with Crippen LogP contribution in [0.2, 0.25) is 0 Å². The van der Waals surface area contributed by atoms with Crippen molar-refractivity contribution in [2.45, 2.75) is 80.8 Å². The Kier molecular flexibility index (Phi) is 16.9. The summed E-state index contributed by atoms with van der Waals surface area (Å²) >= 11 is 0. The summed E-state index contributed by atoms with van der Waals surface area (Å²) in [5.41, 5.74) is 5.38. The van der Waals surface area contributed by atoms with Crippen LogP contribution in [0.1, 0.15) is 12.5 Å². The number of primary amides is 1. The monoisotopic (exact) mass is 774 g/mol. The maximum atomic E-state index is 13.0. The van der Waals surface area contributed by atoms with E-state index in [0.29, 0.717) is 5.56 Å². The Morgan fingerprint density at radius 3 is 1.85 bits per heavy atom. The molecule has 3 rings (SSSR count). The van der Waals surface area contributed by atoms with E-state index < -0.39 is 142 Å². The van der Waals surface area contributed by atoms with Crippen molar-refractivity contribution in [2.75, 3.05) is 39.4 Å². The molecule has 0 bridgehead atoms. The Hall–Kier alpha value is -4.56. The Balaban J connectivity index is 1.62. The van der Waals surface area contributed by atoms with Gasteiger partial charge >= 0.3 is 0 Å². The molecule has 23 heteroatoms. The van der Waals surface area contributed by atoms with Crippen molar-refractivity contribution in [1.82, 2.24) is 26.6 Å².